The molecule has 2 unspecified atom stereocenters. The number of ether oxygens (including phenoxy) is 1. The van der Waals surface area contributed by atoms with E-state index in [1.807, 2.05) is 43.3 Å². The van der Waals surface area contributed by atoms with Crippen molar-refractivity contribution in [3.8, 4) is 0 Å². The van der Waals surface area contributed by atoms with Gasteiger partial charge in [-0.2, -0.15) is 0 Å². The normalized spacial score (nSPS) is 20.2. The van der Waals surface area contributed by atoms with Crippen LogP contribution in [-0.2, 0) is 9.53 Å². The molecule has 0 amide bonds. The fraction of sp³-hybridized carbons (Fsp3) is 0.278. The van der Waals surface area contributed by atoms with E-state index in [0.29, 0.717) is 6.61 Å². The highest BCUT2D eigenvalue weighted by Crippen LogP contribution is 2.38. The predicted molar refractivity (Wildman–Crippen MR) is 83.4 cm³/mol. The maximum atomic E-state index is 12.1. The van der Waals surface area contributed by atoms with Gasteiger partial charge in [0.1, 0.15) is 6.04 Å². The van der Waals surface area contributed by atoms with Gasteiger partial charge in [0.05, 0.1) is 6.61 Å². The monoisotopic (exact) mass is 281 g/mol. The van der Waals surface area contributed by atoms with Crippen molar-refractivity contribution >= 4 is 11.7 Å². The summed E-state index contributed by atoms with van der Waals surface area (Å²) in [5.41, 5.74) is 3.50. The first-order valence-corrected chi connectivity index (χ1v) is 7.36. The number of hydrogen-bond donors (Lipinski definition) is 1. The summed E-state index contributed by atoms with van der Waals surface area (Å²) in [4.78, 5) is 12.1. The number of rotatable bonds is 3. The molecule has 3 nitrogen and oxygen atoms in total. The van der Waals surface area contributed by atoms with Crippen molar-refractivity contribution < 1.29 is 9.53 Å². The molecule has 3 heteroatoms. The van der Waals surface area contributed by atoms with Crippen LogP contribution in [0.4, 0.5) is 5.69 Å². The van der Waals surface area contributed by atoms with Crippen LogP contribution in [-0.4, -0.2) is 18.6 Å². The maximum Gasteiger partial charge on any atom is 0.328 e. The van der Waals surface area contributed by atoms with E-state index in [9.17, 15) is 4.79 Å². The van der Waals surface area contributed by atoms with Crippen molar-refractivity contribution in [2.75, 3.05) is 11.9 Å². The van der Waals surface area contributed by atoms with E-state index in [4.69, 9.17) is 4.74 Å². The number of nitrogens with one attached hydrogen (secondary N) is 1. The number of carbonyl (C=O) groups excluding carboxylic acids is 1. The second kappa shape index (κ2) is 6.00. The summed E-state index contributed by atoms with van der Waals surface area (Å²) in [6.45, 7) is 2.25. The van der Waals surface area contributed by atoms with Crippen molar-refractivity contribution in [1.82, 2.24) is 0 Å². The van der Waals surface area contributed by atoms with Gasteiger partial charge in [0, 0.05) is 11.6 Å². The van der Waals surface area contributed by atoms with Gasteiger partial charge in [-0.1, -0.05) is 48.5 Å². The molecule has 1 heterocycles. The molecule has 1 aliphatic heterocycles. The third-order valence-corrected chi connectivity index (χ3v) is 3.91. The van der Waals surface area contributed by atoms with Gasteiger partial charge in [0.15, 0.2) is 0 Å². The molecule has 0 fully saturated rings. The fourth-order valence-electron chi connectivity index (χ4n) is 2.94. The lowest BCUT2D eigenvalue weighted by Crippen LogP contribution is -2.36. The van der Waals surface area contributed by atoms with Crippen LogP contribution in [0.3, 0.4) is 0 Å². The van der Waals surface area contributed by atoms with Crippen LogP contribution in [0.15, 0.2) is 54.6 Å². The minimum Gasteiger partial charge on any atom is -0.464 e. The molecule has 2 aromatic rings. The van der Waals surface area contributed by atoms with E-state index < -0.39 is 0 Å². The highest BCUT2D eigenvalue weighted by molar-refractivity contribution is 5.81. The molecular weight excluding hydrogens is 262 g/mol. The van der Waals surface area contributed by atoms with Crippen molar-refractivity contribution in [2.24, 2.45) is 0 Å². The van der Waals surface area contributed by atoms with Gasteiger partial charge in [0.25, 0.3) is 0 Å². The number of benzene rings is 2. The van der Waals surface area contributed by atoms with Crippen LogP contribution < -0.4 is 5.32 Å². The van der Waals surface area contributed by atoms with Gasteiger partial charge < -0.3 is 10.1 Å². The molecule has 0 aromatic heterocycles. The minimum atomic E-state index is -0.287. The molecule has 2 aromatic carbocycles. The van der Waals surface area contributed by atoms with Crippen LogP contribution in [0.25, 0.3) is 0 Å². The van der Waals surface area contributed by atoms with E-state index in [-0.39, 0.29) is 17.9 Å². The molecule has 21 heavy (non-hydrogen) atoms. The van der Waals surface area contributed by atoms with Crippen molar-refractivity contribution in [2.45, 2.75) is 25.3 Å². The topological polar surface area (TPSA) is 38.3 Å². The molecule has 0 radical (unpaired) electrons. The van der Waals surface area contributed by atoms with E-state index in [1.54, 1.807) is 0 Å². The van der Waals surface area contributed by atoms with Gasteiger partial charge in [0.2, 0.25) is 0 Å². The Morgan fingerprint density at radius 3 is 2.62 bits per heavy atom. The van der Waals surface area contributed by atoms with Crippen molar-refractivity contribution in [3.63, 3.8) is 0 Å². The lowest BCUT2D eigenvalue weighted by Gasteiger charge is -2.32. The first-order valence-electron chi connectivity index (χ1n) is 7.36. The average molecular weight is 281 g/mol. The molecule has 0 saturated carbocycles. The van der Waals surface area contributed by atoms with E-state index in [0.717, 1.165) is 12.1 Å². The van der Waals surface area contributed by atoms with Crippen LogP contribution in [0, 0.1) is 0 Å². The third-order valence-electron chi connectivity index (χ3n) is 3.91. The lowest BCUT2D eigenvalue weighted by molar-refractivity contribution is -0.144. The van der Waals surface area contributed by atoms with E-state index in [1.165, 1.54) is 11.1 Å². The number of fused-ring (bicyclic) bond motifs is 1. The molecule has 1 N–H and O–H groups in total. The van der Waals surface area contributed by atoms with Crippen LogP contribution in [0.5, 0.6) is 0 Å². The molecule has 0 saturated heterocycles. The number of esters is 1. The Kier molecular flexibility index (Phi) is 3.91. The lowest BCUT2D eigenvalue weighted by atomic mass is 9.82. The number of anilines is 1. The van der Waals surface area contributed by atoms with Gasteiger partial charge in [-0.25, -0.2) is 4.79 Å². The molecule has 2 atom stereocenters. The van der Waals surface area contributed by atoms with Crippen molar-refractivity contribution in [1.29, 1.82) is 0 Å². The van der Waals surface area contributed by atoms with Crippen molar-refractivity contribution in [3.05, 3.63) is 65.7 Å². The molecule has 3 rings (SSSR count). The van der Waals surface area contributed by atoms with Crippen LogP contribution in [0.1, 0.15) is 30.4 Å². The largest absolute Gasteiger partial charge is 0.464 e. The van der Waals surface area contributed by atoms with E-state index in [2.05, 4.69) is 23.5 Å². The summed E-state index contributed by atoms with van der Waals surface area (Å²) in [5.74, 6) is 0.0472. The summed E-state index contributed by atoms with van der Waals surface area (Å²) in [6, 6.07) is 18.2. The number of para-hydroxylation sites is 1. The zero-order valence-corrected chi connectivity index (χ0v) is 12.1. The highest BCUT2D eigenvalue weighted by atomic mass is 16.5. The third kappa shape index (κ3) is 2.77. The summed E-state index contributed by atoms with van der Waals surface area (Å²) >= 11 is 0. The van der Waals surface area contributed by atoms with Gasteiger partial charge in [-0.15, -0.1) is 0 Å². The second-order valence-corrected chi connectivity index (χ2v) is 5.24. The van der Waals surface area contributed by atoms with Crippen LogP contribution in [0.2, 0.25) is 0 Å². The molecule has 0 spiro atoms. The number of carbonyl (C=O) groups is 1. The molecule has 0 aliphatic carbocycles. The Bertz CT molecular complexity index is 624. The highest BCUT2D eigenvalue weighted by Gasteiger charge is 2.32. The SMILES string of the molecule is CCOC(=O)C1CC(c2ccccc2)c2ccccc2N1. The summed E-state index contributed by atoms with van der Waals surface area (Å²) in [7, 11) is 0. The Morgan fingerprint density at radius 1 is 1.14 bits per heavy atom. The zero-order chi connectivity index (χ0) is 14.7. The fourth-order valence-corrected chi connectivity index (χ4v) is 2.94. The summed E-state index contributed by atoms with van der Waals surface area (Å²) < 4.78 is 5.18. The van der Waals surface area contributed by atoms with E-state index >= 15 is 0 Å². The average Bonchev–Trinajstić information content (AvgIpc) is 2.55. The number of hydrogen-bond acceptors (Lipinski definition) is 3. The Labute approximate surface area is 124 Å². The van der Waals surface area contributed by atoms with Gasteiger partial charge in [-0.05, 0) is 30.5 Å². The first kappa shape index (κ1) is 13.7. The van der Waals surface area contributed by atoms with Crippen LogP contribution >= 0.6 is 0 Å². The molecule has 0 bridgehead atoms. The quantitative estimate of drug-likeness (QED) is 0.874. The smallest absolute Gasteiger partial charge is 0.328 e. The maximum absolute atomic E-state index is 12.1. The standard InChI is InChI=1S/C18H19NO2/c1-2-21-18(20)17-12-15(13-8-4-3-5-9-13)14-10-6-7-11-16(14)19-17/h3-11,15,17,19H,2,12H2,1H3. The second-order valence-electron chi connectivity index (χ2n) is 5.24. The van der Waals surface area contributed by atoms with Gasteiger partial charge >= 0.3 is 5.97 Å². The molecular formula is C18H19NO2. The molecule has 108 valence electrons. The minimum absolute atomic E-state index is 0.173. The molecule has 1 aliphatic rings. The Balaban J connectivity index is 1.96. The first-order chi connectivity index (χ1) is 10.3. The Morgan fingerprint density at radius 2 is 1.86 bits per heavy atom. The summed E-state index contributed by atoms with van der Waals surface area (Å²) in [6.07, 6.45) is 0.722. The van der Waals surface area contributed by atoms with Gasteiger partial charge in [-0.3, -0.25) is 0 Å². The zero-order valence-electron chi connectivity index (χ0n) is 12.1. The summed E-state index contributed by atoms with van der Waals surface area (Å²) in [5, 5.41) is 3.31. The predicted octanol–water partition coefficient (Wildman–Crippen LogP) is 3.57. The Hall–Kier alpha value is -2.29.